The van der Waals surface area contributed by atoms with Gasteiger partial charge in [-0.25, -0.2) is 0 Å². The lowest BCUT2D eigenvalue weighted by Crippen LogP contribution is -2.10. The Morgan fingerprint density at radius 3 is 1.47 bits per heavy atom. The Kier molecular flexibility index (Phi) is 7.55. The van der Waals surface area contributed by atoms with Crippen LogP contribution < -0.4 is 4.90 Å². The van der Waals surface area contributed by atoms with Crippen molar-refractivity contribution in [1.82, 2.24) is 0 Å². The van der Waals surface area contributed by atoms with Crippen LogP contribution in [0.4, 0.5) is 17.1 Å². The Labute approximate surface area is 309 Å². The molecule has 1 heteroatoms. The molecule has 0 bridgehead atoms. The normalized spacial score (nSPS) is 11.4. The van der Waals surface area contributed by atoms with E-state index in [2.05, 4.69) is 217 Å². The van der Waals surface area contributed by atoms with E-state index in [9.17, 15) is 0 Å². The van der Waals surface area contributed by atoms with Crippen LogP contribution in [0.1, 0.15) is 0 Å². The molecule has 0 aliphatic carbocycles. The third-order valence-corrected chi connectivity index (χ3v) is 10.6. The van der Waals surface area contributed by atoms with E-state index in [1.807, 2.05) is 0 Å². The third kappa shape index (κ3) is 5.42. The second-order valence-corrected chi connectivity index (χ2v) is 13.7. The molecule has 0 aliphatic heterocycles. The number of nitrogens with zero attached hydrogens (tertiary/aromatic N) is 1. The molecule has 0 fully saturated rings. The number of anilines is 3. The van der Waals surface area contributed by atoms with Gasteiger partial charge in [0.25, 0.3) is 0 Å². The fourth-order valence-corrected chi connectivity index (χ4v) is 8.11. The van der Waals surface area contributed by atoms with E-state index < -0.39 is 0 Å². The molecule has 0 aromatic heterocycles. The minimum atomic E-state index is 1.11. The van der Waals surface area contributed by atoms with Gasteiger partial charge in [-0.15, -0.1) is 0 Å². The molecular formula is C52H35N. The van der Waals surface area contributed by atoms with Gasteiger partial charge >= 0.3 is 0 Å². The van der Waals surface area contributed by atoms with Crippen molar-refractivity contribution in [3.8, 4) is 33.4 Å². The molecule has 1 nitrogen and oxygen atoms in total. The van der Waals surface area contributed by atoms with Gasteiger partial charge in [0.15, 0.2) is 0 Å². The molecule has 0 unspecified atom stereocenters. The second-order valence-electron chi connectivity index (χ2n) is 13.7. The average molecular weight is 674 g/mol. The summed E-state index contributed by atoms with van der Waals surface area (Å²) in [4.78, 5) is 2.41. The van der Waals surface area contributed by atoms with E-state index in [4.69, 9.17) is 0 Å². The number of fused-ring (bicyclic) bond motifs is 6. The van der Waals surface area contributed by atoms with Crippen molar-refractivity contribution in [2.45, 2.75) is 0 Å². The fraction of sp³-hybridized carbons (Fsp3) is 0. The van der Waals surface area contributed by atoms with Crippen molar-refractivity contribution in [3.63, 3.8) is 0 Å². The summed E-state index contributed by atoms with van der Waals surface area (Å²) >= 11 is 0. The van der Waals surface area contributed by atoms with Crippen molar-refractivity contribution in [1.29, 1.82) is 0 Å². The number of benzene rings is 10. The summed E-state index contributed by atoms with van der Waals surface area (Å²) < 4.78 is 0. The molecule has 0 amide bonds. The van der Waals surface area contributed by atoms with Crippen LogP contribution in [0.15, 0.2) is 212 Å². The molecule has 10 aromatic carbocycles. The fourth-order valence-electron chi connectivity index (χ4n) is 8.11. The van der Waals surface area contributed by atoms with E-state index in [0.717, 1.165) is 17.1 Å². The van der Waals surface area contributed by atoms with Gasteiger partial charge in [0.1, 0.15) is 0 Å². The van der Waals surface area contributed by atoms with Gasteiger partial charge in [-0.2, -0.15) is 0 Å². The van der Waals surface area contributed by atoms with E-state index in [-0.39, 0.29) is 0 Å². The topological polar surface area (TPSA) is 3.24 Å². The van der Waals surface area contributed by atoms with Crippen LogP contribution in [0.2, 0.25) is 0 Å². The van der Waals surface area contributed by atoms with Crippen molar-refractivity contribution in [3.05, 3.63) is 212 Å². The molecule has 10 rings (SSSR count). The van der Waals surface area contributed by atoms with Gasteiger partial charge in [-0.3, -0.25) is 0 Å². The first-order valence-electron chi connectivity index (χ1n) is 18.3. The Hall–Kier alpha value is -6.96. The molecule has 53 heavy (non-hydrogen) atoms. The van der Waals surface area contributed by atoms with Crippen LogP contribution in [-0.2, 0) is 0 Å². The van der Waals surface area contributed by atoms with Gasteiger partial charge in [0.2, 0.25) is 0 Å². The summed E-state index contributed by atoms with van der Waals surface area (Å²) in [5.41, 5.74) is 10.7. The first kappa shape index (κ1) is 30.8. The van der Waals surface area contributed by atoms with Gasteiger partial charge in [-0.1, -0.05) is 176 Å². The predicted molar refractivity (Wildman–Crippen MR) is 227 cm³/mol. The lowest BCUT2D eigenvalue weighted by Gasteiger charge is -2.28. The largest absolute Gasteiger partial charge is 0.310 e. The Bertz CT molecular complexity index is 2910. The molecular weight excluding hydrogens is 639 g/mol. The maximum Gasteiger partial charge on any atom is 0.0540 e. The highest BCUT2D eigenvalue weighted by atomic mass is 15.1. The highest BCUT2D eigenvalue weighted by Crippen LogP contribution is 2.44. The molecule has 0 N–H and O–H groups in total. The van der Waals surface area contributed by atoms with Gasteiger partial charge in [0, 0.05) is 16.8 Å². The second kappa shape index (κ2) is 13.0. The van der Waals surface area contributed by atoms with Crippen LogP contribution in [0.5, 0.6) is 0 Å². The molecule has 0 spiro atoms. The zero-order chi connectivity index (χ0) is 35.1. The molecule has 0 radical (unpaired) electrons. The third-order valence-electron chi connectivity index (χ3n) is 10.6. The van der Waals surface area contributed by atoms with Crippen LogP contribution in [0.25, 0.3) is 76.5 Å². The summed E-state index contributed by atoms with van der Waals surface area (Å²) in [5.74, 6) is 0. The molecule has 248 valence electrons. The minimum absolute atomic E-state index is 1.11. The molecule has 0 aliphatic rings. The zero-order valence-corrected chi connectivity index (χ0v) is 29.2. The van der Waals surface area contributed by atoms with E-state index in [1.54, 1.807) is 0 Å². The first-order chi connectivity index (χ1) is 26.3. The molecule has 10 aromatic rings. The standard InChI is InChI=1S/C52H35N/c1-3-13-36(14-4-1)37-23-28-42(29-24-37)53(51-34-33-45(38-15-5-2-6-16-38)47-21-11-12-22-48(47)51)43-30-25-40(26-31-43)50-35-41-18-8-9-19-44(41)49-32-27-39-17-7-10-20-46(39)52(49)50/h1-35H. The van der Waals surface area contributed by atoms with Gasteiger partial charge < -0.3 is 4.90 Å². The molecule has 0 atom stereocenters. The van der Waals surface area contributed by atoms with Gasteiger partial charge in [0.05, 0.1) is 5.69 Å². The highest BCUT2D eigenvalue weighted by Gasteiger charge is 2.19. The SMILES string of the molecule is c1ccc(-c2ccc(N(c3ccc(-c4cc5ccccc5c5ccc6ccccc6c45)cc3)c3ccc(-c4ccccc4)c4ccccc34)cc2)cc1. The minimum Gasteiger partial charge on any atom is -0.310 e. The zero-order valence-electron chi connectivity index (χ0n) is 29.2. The monoisotopic (exact) mass is 673 g/mol. The highest BCUT2D eigenvalue weighted by molar-refractivity contribution is 6.23. The maximum absolute atomic E-state index is 2.41. The number of hydrogen-bond donors (Lipinski definition) is 0. The van der Waals surface area contributed by atoms with Gasteiger partial charge in [-0.05, 0) is 107 Å². The average Bonchev–Trinajstić information content (AvgIpc) is 3.24. The Balaban J connectivity index is 1.16. The Morgan fingerprint density at radius 1 is 0.264 bits per heavy atom. The van der Waals surface area contributed by atoms with Crippen LogP contribution in [0.3, 0.4) is 0 Å². The summed E-state index contributed by atoms with van der Waals surface area (Å²) in [6.45, 7) is 0. The smallest absolute Gasteiger partial charge is 0.0540 e. The summed E-state index contributed by atoms with van der Waals surface area (Å²) in [6.07, 6.45) is 0. The summed E-state index contributed by atoms with van der Waals surface area (Å²) in [5, 5.41) is 10.1. The van der Waals surface area contributed by atoms with Crippen molar-refractivity contribution < 1.29 is 0 Å². The number of hydrogen-bond acceptors (Lipinski definition) is 1. The quantitative estimate of drug-likeness (QED) is 0.159. The first-order valence-corrected chi connectivity index (χ1v) is 18.3. The molecule has 0 heterocycles. The van der Waals surface area contributed by atoms with Crippen molar-refractivity contribution in [2.24, 2.45) is 0 Å². The molecule has 0 saturated heterocycles. The Morgan fingerprint density at radius 2 is 0.774 bits per heavy atom. The van der Waals surface area contributed by atoms with E-state index >= 15 is 0 Å². The molecule has 0 saturated carbocycles. The van der Waals surface area contributed by atoms with E-state index in [0.29, 0.717) is 0 Å². The predicted octanol–water partition coefficient (Wildman–Crippen LogP) is 14.8. The summed E-state index contributed by atoms with van der Waals surface area (Å²) in [6, 6.07) is 77.2. The van der Waals surface area contributed by atoms with E-state index in [1.165, 1.54) is 76.5 Å². The van der Waals surface area contributed by atoms with Crippen LogP contribution >= 0.6 is 0 Å². The number of rotatable bonds is 6. The van der Waals surface area contributed by atoms with Crippen LogP contribution in [-0.4, -0.2) is 0 Å². The van der Waals surface area contributed by atoms with Crippen LogP contribution in [0, 0.1) is 0 Å². The van der Waals surface area contributed by atoms with Crippen molar-refractivity contribution >= 4 is 60.2 Å². The summed E-state index contributed by atoms with van der Waals surface area (Å²) in [7, 11) is 0. The van der Waals surface area contributed by atoms with Crippen molar-refractivity contribution in [2.75, 3.05) is 4.90 Å². The maximum atomic E-state index is 2.41. The lowest BCUT2D eigenvalue weighted by atomic mass is 9.90. The lowest BCUT2D eigenvalue weighted by molar-refractivity contribution is 1.30.